The third-order valence-electron chi connectivity index (χ3n) is 1.70. The van der Waals surface area contributed by atoms with Gasteiger partial charge in [0.05, 0.1) is 0 Å². The molecule has 1 unspecified atom stereocenters. The van der Waals surface area contributed by atoms with E-state index in [0.717, 1.165) is 11.4 Å². The zero-order valence-electron chi connectivity index (χ0n) is 8.32. The molecule has 1 atom stereocenters. The summed E-state index contributed by atoms with van der Waals surface area (Å²) >= 11 is 1.80. The van der Waals surface area contributed by atoms with E-state index in [1.165, 1.54) is 0 Å². The SMILES string of the molecule is CSCC(C)Nc1ccnc(C#N)c1. The molecular weight excluding hydrogens is 194 g/mol. The zero-order chi connectivity index (χ0) is 10.4. The van der Waals surface area contributed by atoms with Gasteiger partial charge in [-0.05, 0) is 25.3 Å². The van der Waals surface area contributed by atoms with Crippen LogP contribution < -0.4 is 5.32 Å². The first-order chi connectivity index (χ1) is 6.76. The molecule has 0 saturated heterocycles. The minimum Gasteiger partial charge on any atom is -0.382 e. The van der Waals surface area contributed by atoms with Crippen LogP contribution in [0.15, 0.2) is 18.3 Å². The topological polar surface area (TPSA) is 48.7 Å². The highest BCUT2D eigenvalue weighted by molar-refractivity contribution is 7.98. The standard InChI is InChI=1S/C10H13N3S/c1-8(7-14-2)13-9-3-4-12-10(5-9)6-11/h3-5,8H,7H2,1-2H3,(H,12,13). The number of pyridine rings is 1. The van der Waals surface area contributed by atoms with E-state index in [2.05, 4.69) is 23.5 Å². The Bertz CT molecular complexity index is 332. The van der Waals surface area contributed by atoms with Crippen molar-refractivity contribution in [3.05, 3.63) is 24.0 Å². The maximum Gasteiger partial charge on any atom is 0.142 e. The van der Waals surface area contributed by atoms with Crippen LogP contribution >= 0.6 is 11.8 Å². The minimum atomic E-state index is 0.402. The van der Waals surface area contributed by atoms with Gasteiger partial charge in [0, 0.05) is 23.7 Å². The average Bonchev–Trinajstić information content (AvgIpc) is 2.18. The molecule has 0 bridgehead atoms. The maximum atomic E-state index is 8.66. The predicted octanol–water partition coefficient (Wildman–Crippen LogP) is 2.12. The van der Waals surface area contributed by atoms with E-state index < -0.39 is 0 Å². The van der Waals surface area contributed by atoms with Crippen molar-refractivity contribution in [2.24, 2.45) is 0 Å². The second-order valence-corrected chi connectivity index (χ2v) is 3.95. The van der Waals surface area contributed by atoms with Crippen molar-refractivity contribution in [3.63, 3.8) is 0 Å². The first-order valence-electron chi connectivity index (χ1n) is 4.38. The summed E-state index contributed by atoms with van der Waals surface area (Å²) < 4.78 is 0. The molecule has 1 rings (SSSR count). The van der Waals surface area contributed by atoms with Gasteiger partial charge in [0.15, 0.2) is 0 Å². The zero-order valence-corrected chi connectivity index (χ0v) is 9.14. The Morgan fingerprint density at radius 1 is 1.71 bits per heavy atom. The van der Waals surface area contributed by atoms with Crippen LogP contribution in [0.5, 0.6) is 0 Å². The van der Waals surface area contributed by atoms with Gasteiger partial charge < -0.3 is 5.32 Å². The lowest BCUT2D eigenvalue weighted by molar-refractivity contribution is 0.913. The smallest absolute Gasteiger partial charge is 0.142 e. The van der Waals surface area contributed by atoms with Crippen LogP contribution in [0.3, 0.4) is 0 Å². The molecular formula is C10H13N3S. The first-order valence-corrected chi connectivity index (χ1v) is 5.77. The molecule has 0 aliphatic heterocycles. The molecule has 0 radical (unpaired) electrons. The molecule has 0 spiro atoms. The molecule has 1 heterocycles. The molecule has 74 valence electrons. The Balaban J connectivity index is 2.63. The van der Waals surface area contributed by atoms with E-state index in [4.69, 9.17) is 5.26 Å². The van der Waals surface area contributed by atoms with Gasteiger partial charge in [0.1, 0.15) is 11.8 Å². The molecule has 0 aliphatic rings. The highest BCUT2D eigenvalue weighted by atomic mass is 32.2. The Labute approximate surface area is 88.5 Å². The first kappa shape index (κ1) is 10.9. The van der Waals surface area contributed by atoms with Crippen LogP contribution in [0.25, 0.3) is 0 Å². The van der Waals surface area contributed by atoms with E-state index in [1.54, 1.807) is 24.0 Å². The second-order valence-electron chi connectivity index (χ2n) is 3.04. The number of nitrogens with zero attached hydrogens (tertiary/aromatic N) is 2. The fourth-order valence-corrected chi connectivity index (χ4v) is 1.74. The van der Waals surface area contributed by atoms with Crippen molar-refractivity contribution >= 4 is 17.4 Å². The van der Waals surface area contributed by atoms with Gasteiger partial charge in [0.2, 0.25) is 0 Å². The quantitative estimate of drug-likeness (QED) is 0.821. The number of hydrogen-bond acceptors (Lipinski definition) is 4. The lowest BCUT2D eigenvalue weighted by Crippen LogP contribution is -2.17. The summed E-state index contributed by atoms with van der Waals surface area (Å²) in [5, 5.41) is 12.0. The van der Waals surface area contributed by atoms with Crippen molar-refractivity contribution in [1.29, 1.82) is 5.26 Å². The lowest BCUT2D eigenvalue weighted by atomic mass is 10.3. The molecule has 0 aliphatic carbocycles. The van der Waals surface area contributed by atoms with E-state index in [-0.39, 0.29) is 0 Å². The van der Waals surface area contributed by atoms with Crippen LogP contribution in [0.2, 0.25) is 0 Å². The van der Waals surface area contributed by atoms with Crippen LogP contribution in [-0.4, -0.2) is 23.0 Å². The van der Waals surface area contributed by atoms with E-state index in [0.29, 0.717) is 11.7 Å². The van der Waals surface area contributed by atoms with Crippen molar-refractivity contribution in [3.8, 4) is 6.07 Å². The Hall–Kier alpha value is -1.21. The van der Waals surface area contributed by atoms with Crippen LogP contribution in [0.1, 0.15) is 12.6 Å². The number of anilines is 1. The lowest BCUT2D eigenvalue weighted by Gasteiger charge is -2.13. The van der Waals surface area contributed by atoms with E-state index >= 15 is 0 Å². The van der Waals surface area contributed by atoms with E-state index in [1.807, 2.05) is 12.1 Å². The summed E-state index contributed by atoms with van der Waals surface area (Å²) in [6.45, 7) is 2.11. The fourth-order valence-electron chi connectivity index (χ4n) is 1.16. The molecule has 0 saturated carbocycles. The molecule has 0 amide bonds. The molecule has 14 heavy (non-hydrogen) atoms. The Morgan fingerprint density at radius 3 is 3.14 bits per heavy atom. The summed E-state index contributed by atoms with van der Waals surface area (Å²) in [5.41, 5.74) is 1.41. The van der Waals surface area contributed by atoms with Gasteiger partial charge in [-0.1, -0.05) is 0 Å². The summed E-state index contributed by atoms with van der Waals surface area (Å²) in [7, 11) is 0. The predicted molar refractivity (Wildman–Crippen MR) is 60.4 cm³/mol. The minimum absolute atomic E-state index is 0.402. The molecule has 4 heteroatoms. The fraction of sp³-hybridized carbons (Fsp3) is 0.400. The summed E-state index contributed by atoms with van der Waals surface area (Å²) in [6.07, 6.45) is 3.72. The normalized spacial score (nSPS) is 11.8. The highest BCUT2D eigenvalue weighted by Crippen LogP contribution is 2.10. The summed E-state index contributed by atoms with van der Waals surface area (Å²) in [4.78, 5) is 3.90. The number of aromatic nitrogens is 1. The number of nitriles is 1. The molecule has 1 aromatic rings. The van der Waals surface area contributed by atoms with Crippen LogP contribution in [0.4, 0.5) is 5.69 Å². The summed E-state index contributed by atoms with van der Waals surface area (Å²) in [6, 6.07) is 6.05. The molecule has 3 nitrogen and oxygen atoms in total. The molecule has 0 fully saturated rings. The molecule has 0 aromatic carbocycles. The van der Waals surface area contributed by atoms with Gasteiger partial charge in [0.25, 0.3) is 0 Å². The van der Waals surface area contributed by atoms with Gasteiger partial charge in [-0.2, -0.15) is 17.0 Å². The van der Waals surface area contributed by atoms with Crippen LogP contribution in [-0.2, 0) is 0 Å². The number of rotatable bonds is 4. The highest BCUT2D eigenvalue weighted by Gasteiger charge is 2.01. The molecule has 1 N–H and O–H groups in total. The average molecular weight is 207 g/mol. The van der Waals surface area contributed by atoms with E-state index in [9.17, 15) is 0 Å². The third kappa shape index (κ3) is 3.27. The Kier molecular flexibility index (Phi) is 4.27. The molecule has 1 aromatic heterocycles. The summed E-state index contributed by atoms with van der Waals surface area (Å²) in [5.74, 6) is 1.05. The van der Waals surface area contributed by atoms with Crippen molar-refractivity contribution < 1.29 is 0 Å². The van der Waals surface area contributed by atoms with Gasteiger partial charge in [-0.25, -0.2) is 4.98 Å². The van der Waals surface area contributed by atoms with Crippen molar-refractivity contribution in [2.45, 2.75) is 13.0 Å². The Morgan fingerprint density at radius 2 is 2.50 bits per heavy atom. The monoisotopic (exact) mass is 207 g/mol. The maximum absolute atomic E-state index is 8.66. The third-order valence-corrected chi connectivity index (χ3v) is 2.54. The number of thioether (sulfide) groups is 1. The number of nitrogens with one attached hydrogen (secondary N) is 1. The van der Waals surface area contributed by atoms with Gasteiger partial charge in [-0.3, -0.25) is 0 Å². The second kappa shape index (κ2) is 5.51. The van der Waals surface area contributed by atoms with Crippen molar-refractivity contribution in [1.82, 2.24) is 4.98 Å². The largest absolute Gasteiger partial charge is 0.382 e. The number of hydrogen-bond donors (Lipinski definition) is 1. The van der Waals surface area contributed by atoms with Crippen molar-refractivity contribution in [2.75, 3.05) is 17.3 Å². The van der Waals surface area contributed by atoms with Crippen LogP contribution in [0, 0.1) is 11.3 Å². The van der Waals surface area contributed by atoms with Gasteiger partial charge >= 0.3 is 0 Å². The van der Waals surface area contributed by atoms with Gasteiger partial charge in [-0.15, -0.1) is 0 Å².